The third-order valence-corrected chi connectivity index (χ3v) is 3.73. The van der Waals surface area contributed by atoms with Crippen LogP contribution in [0.2, 0.25) is 5.02 Å². The summed E-state index contributed by atoms with van der Waals surface area (Å²) in [5.74, 6) is 0.609. The van der Waals surface area contributed by atoms with E-state index in [0.29, 0.717) is 38.1 Å². The number of Topliss-reactive ketones (excluding diaryl/α,β-unsaturated/α-hetero) is 1. The van der Waals surface area contributed by atoms with E-state index in [1.54, 1.807) is 24.3 Å². The Labute approximate surface area is 131 Å². The zero-order valence-electron chi connectivity index (χ0n) is 11.9. The Kier molecular flexibility index (Phi) is 3.50. The molecule has 0 saturated heterocycles. The van der Waals surface area contributed by atoms with Crippen LogP contribution in [-0.4, -0.2) is 30.5 Å². The number of ketones is 1. The molecule has 0 spiro atoms. The van der Waals surface area contributed by atoms with Crippen molar-refractivity contribution in [3.63, 3.8) is 0 Å². The van der Waals surface area contributed by atoms with Crippen molar-refractivity contribution in [1.29, 1.82) is 0 Å². The molecule has 3 rings (SSSR count). The van der Waals surface area contributed by atoms with Gasteiger partial charge in [-0.2, -0.15) is 4.74 Å². The predicted molar refractivity (Wildman–Crippen MR) is 82.7 cm³/mol. The zero-order valence-corrected chi connectivity index (χ0v) is 12.7. The van der Waals surface area contributed by atoms with Gasteiger partial charge in [0.05, 0.1) is 19.8 Å². The summed E-state index contributed by atoms with van der Waals surface area (Å²) in [6.45, 7) is 0. The molecule has 5 nitrogen and oxygen atoms in total. The largest absolute Gasteiger partial charge is 0.618 e. The van der Waals surface area contributed by atoms with E-state index in [1.165, 1.54) is 26.4 Å². The minimum atomic E-state index is -0.361. The summed E-state index contributed by atoms with van der Waals surface area (Å²) < 4.78 is 11.0. The molecule has 1 heterocycles. The molecule has 0 N–H and O–H groups in total. The van der Waals surface area contributed by atoms with Gasteiger partial charge in [0.25, 0.3) is 11.5 Å². The van der Waals surface area contributed by atoms with Crippen LogP contribution in [-0.2, 0) is 0 Å². The second-order valence-electron chi connectivity index (χ2n) is 4.70. The molecule has 1 aliphatic rings. The first kappa shape index (κ1) is 14.4. The number of methoxy groups -OCH3 is 2. The van der Waals surface area contributed by atoms with Crippen molar-refractivity contribution in [3.8, 4) is 11.5 Å². The van der Waals surface area contributed by atoms with Gasteiger partial charge in [0.15, 0.2) is 11.5 Å². The minimum Gasteiger partial charge on any atom is -0.618 e. The topological polar surface area (TPSA) is 61.6 Å². The highest BCUT2D eigenvalue weighted by atomic mass is 35.5. The molecule has 1 aliphatic heterocycles. The van der Waals surface area contributed by atoms with Crippen molar-refractivity contribution >= 4 is 28.8 Å². The van der Waals surface area contributed by atoms with Gasteiger partial charge in [-0.3, -0.25) is 4.79 Å². The van der Waals surface area contributed by atoms with Crippen molar-refractivity contribution in [3.05, 3.63) is 57.8 Å². The minimum absolute atomic E-state index is 0.0400. The fraction of sp³-hybridized carbons (Fsp3) is 0.125. The van der Waals surface area contributed by atoms with E-state index in [-0.39, 0.29) is 11.5 Å². The van der Waals surface area contributed by atoms with Crippen molar-refractivity contribution in [2.75, 3.05) is 14.2 Å². The van der Waals surface area contributed by atoms with E-state index < -0.39 is 0 Å². The summed E-state index contributed by atoms with van der Waals surface area (Å²) in [5, 5.41) is 12.8. The second-order valence-corrected chi connectivity index (χ2v) is 5.14. The summed E-state index contributed by atoms with van der Waals surface area (Å²) in [6, 6.07) is 9.51. The smallest absolute Gasteiger partial charge is 0.273 e. The number of hydrogen-bond donors (Lipinski definition) is 0. The van der Waals surface area contributed by atoms with E-state index >= 15 is 0 Å². The number of carbonyl (C=O) groups is 1. The number of hydrogen-bond acceptors (Lipinski definition) is 4. The lowest BCUT2D eigenvalue weighted by Crippen LogP contribution is -2.16. The van der Waals surface area contributed by atoms with Gasteiger partial charge in [-0.25, -0.2) is 0 Å². The summed E-state index contributed by atoms with van der Waals surface area (Å²) in [5.41, 5.74) is 1.09. The highest BCUT2D eigenvalue weighted by Gasteiger charge is 2.37. The maximum absolute atomic E-state index is 12.5. The maximum atomic E-state index is 12.5. The van der Waals surface area contributed by atoms with Gasteiger partial charge >= 0.3 is 0 Å². The van der Waals surface area contributed by atoms with Crippen LogP contribution >= 0.6 is 11.6 Å². The van der Waals surface area contributed by atoms with Gasteiger partial charge in [0, 0.05) is 11.1 Å². The van der Waals surface area contributed by atoms with Crippen LogP contribution in [0.25, 0.3) is 0 Å². The van der Waals surface area contributed by atoms with E-state index in [9.17, 15) is 10.0 Å². The lowest BCUT2D eigenvalue weighted by atomic mass is 10.0. The molecule has 0 radical (unpaired) electrons. The standard InChI is InChI=1S/C16H12ClNO4/c1-21-13-6-3-9(7-14(13)22-2)15-16(19)11-8-10(17)4-5-12(11)18(15)20/h3-8H,1-2H3. The summed E-state index contributed by atoms with van der Waals surface area (Å²) >= 11 is 5.90. The molecule has 2 aromatic rings. The fourth-order valence-corrected chi connectivity index (χ4v) is 2.61. The van der Waals surface area contributed by atoms with Crippen LogP contribution in [0.15, 0.2) is 36.4 Å². The first-order valence-corrected chi connectivity index (χ1v) is 6.85. The summed E-state index contributed by atoms with van der Waals surface area (Å²) in [4.78, 5) is 12.5. The van der Waals surface area contributed by atoms with E-state index in [0.717, 1.165) is 0 Å². The fourth-order valence-electron chi connectivity index (χ4n) is 2.44. The van der Waals surface area contributed by atoms with Gasteiger partial charge in [-0.05, 0) is 30.3 Å². The lowest BCUT2D eigenvalue weighted by Gasteiger charge is -2.08. The molecule has 0 aliphatic carbocycles. The van der Waals surface area contributed by atoms with Gasteiger partial charge in [-0.15, -0.1) is 0 Å². The van der Waals surface area contributed by atoms with E-state index in [1.807, 2.05) is 0 Å². The molecule has 22 heavy (non-hydrogen) atoms. The molecule has 6 heteroatoms. The normalized spacial score (nSPS) is 13.3. The maximum Gasteiger partial charge on any atom is 0.273 e. The van der Waals surface area contributed by atoms with Crippen molar-refractivity contribution < 1.29 is 19.0 Å². The number of halogens is 1. The van der Waals surface area contributed by atoms with Crippen molar-refractivity contribution in [2.45, 2.75) is 0 Å². The lowest BCUT2D eigenvalue weighted by molar-refractivity contribution is -0.355. The van der Waals surface area contributed by atoms with Crippen LogP contribution in [0.4, 0.5) is 5.69 Å². The highest BCUT2D eigenvalue weighted by molar-refractivity contribution is 6.52. The van der Waals surface area contributed by atoms with Crippen molar-refractivity contribution in [2.24, 2.45) is 0 Å². The molecule has 112 valence electrons. The second kappa shape index (κ2) is 5.35. The van der Waals surface area contributed by atoms with Gasteiger partial charge in [-0.1, -0.05) is 11.6 Å². The monoisotopic (exact) mass is 317 g/mol. The van der Waals surface area contributed by atoms with Crippen LogP contribution in [0.3, 0.4) is 0 Å². The highest BCUT2D eigenvalue weighted by Crippen LogP contribution is 2.33. The summed E-state index contributed by atoms with van der Waals surface area (Å²) in [7, 11) is 3.01. The average Bonchev–Trinajstić information content (AvgIpc) is 2.77. The Morgan fingerprint density at radius 3 is 2.45 bits per heavy atom. The first-order chi connectivity index (χ1) is 10.6. The van der Waals surface area contributed by atoms with Gasteiger partial charge in [0.1, 0.15) is 5.56 Å². The SMILES string of the molecule is COc1ccc(C2=[N+]([O-])c3ccc(Cl)cc3C2=O)cc1OC. The molecular weight excluding hydrogens is 306 g/mol. The Balaban J connectivity index is 2.14. The molecule has 0 amide bonds. The molecular formula is C16H12ClNO4. The van der Waals surface area contributed by atoms with Crippen LogP contribution in [0.5, 0.6) is 11.5 Å². The molecule has 0 fully saturated rings. The number of carbonyl (C=O) groups excluding carboxylic acids is 1. The molecule has 0 bridgehead atoms. The number of nitrogens with zero attached hydrogens (tertiary/aromatic N) is 1. The van der Waals surface area contributed by atoms with Crippen LogP contribution in [0.1, 0.15) is 15.9 Å². The Hall–Kier alpha value is -2.53. The Morgan fingerprint density at radius 1 is 1.05 bits per heavy atom. The third-order valence-electron chi connectivity index (χ3n) is 3.50. The van der Waals surface area contributed by atoms with Gasteiger partial charge in [0.2, 0.25) is 5.69 Å². The van der Waals surface area contributed by atoms with Crippen molar-refractivity contribution in [1.82, 2.24) is 0 Å². The third kappa shape index (κ3) is 2.10. The Bertz CT molecular complexity index is 814. The number of ether oxygens (including phenoxy) is 2. The van der Waals surface area contributed by atoms with Crippen LogP contribution < -0.4 is 9.47 Å². The molecule has 0 saturated carbocycles. The average molecular weight is 318 g/mol. The number of fused-ring (bicyclic) bond motifs is 1. The Morgan fingerprint density at radius 2 is 1.77 bits per heavy atom. The first-order valence-electron chi connectivity index (χ1n) is 6.47. The molecule has 0 unspecified atom stereocenters. The molecule has 0 aromatic heterocycles. The molecule has 2 aromatic carbocycles. The quantitative estimate of drug-likeness (QED) is 0.644. The van der Waals surface area contributed by atoms with E-state index in [4.69, 9.17) is 21.1 Å². The zero-order chi connectivity index (χ0) is 15.9. The molecule has 0 atom stereocenters. The summed E-state index contributed by atoms with van der Waals surface area (Å²) in [6.07, 6.45) is 0. The van der Waals surface area contributed by atoms with E-state index in [2.05, 4.69) is 0 Å². The number of rotatable bonds is 3. The van der Waals surface area contributed by atoms with Crippen LogP contribution in [0, 0.1) is 5.21 Å². The predicted octanol–water partition coefficient (Wildman–Crippen LogP) is 3.18. The van der Waals surface area contributed by atoms with Gasteiger partial charge < -0.3 is 14.7 Å². The number of benzene rings is 2.